The summed E-state index contributed by atoms with van der Waals surface area (Å²) in [6, 6.07) is 28.9. The maximum Gasteiger partial charge on any atom is 0.252 e. The first-order valence-corrected chi connectivity index (χ1v) is 18.9. The number of hydrogen-bond acceptors (Lipinski definition) is 1. The molecular formula is C46H53BN2. The molecule has 0 amide bonds. The molecule has 2 atom stereocenters. The van der Waals surface area contributed by atoms with E-state index in [0.717, 1.165) is 0 Å². The van der Waals surface area contributed by atoms with Crippen molar-refractivity contribution in [2.24, 2.45) is 0 Å². The highest BCUT2D eigenvalue weighted by atomic mass is 15.3. The SMILES string of the molecule is CC(C)(C)c1cc2c3c(c1)C1(C)CCCCC1(C)N3c1cccc3c1B2c1cc(C(C)(C)C)cc2c(C(C)(C)C)c(-c4ccccc4)n-3c12. The molecule has 4 heterocycles. The summed E-state index contributed by atoms with van der Waals surface area (Å²) < 4.78 is 2.69. The van der Waals surface area contributed by atoms with Crippen LogP contribution < -0.4 is 21.3 Å². The van der Waals surface area contributed by atoms with Crippen LogP contribution in [-0.2, 0) is 21.7 Å². The van der Waals surface area contributed by atoms with Gasteiger partial charge in [0.2, 0.25) is 0 Å². The predicted octanol–water partition coefficient (Wildman–Crippen LogP) is 10.1. The zero-order valence-electron chi connectivity index (χ0n) is 31.7. The molecule has 0 spiro atoms. The molecule has 250 valence electrons. The van der Waals surface area contributed by atoms with Gasteiger partial charge >= 0.3 is 0 Å². The Balaban J connectivity index is 1.51. The highest BCUT2D eigenvalue weighted by Gasteiger charge is 2.61. The lowest BCUT2D eigenvalue weighted by atomic mass is 9.33. The molecule has 5 aromatic rings. The van der Waals surface area contributed by atoms with Gasteiger partial charge in [0.05, 0.1) is 11.2 Å². The average Bonchev–Trinajstić information content (AvgIpc) is 3.49. The molecule has 3 aliphatic heterocycles. The highest BCUT2D eigenvalue weighted by Crippen LogP contribution is 2.62. The van der Waals surface area contributed by atoms with Crippen molar-refractivity contribution in [3.05, 3.63) is 95.1 Å². The van der Waals surface area contributed by atoms with Gasteiger partial charge in [-0.15, -0.1) is 0 Å². The van der Waals surface area contributed by atoms with Gasteiger partial charge in [-0.2, -0.15) is 0 Å². The standard InChI is InChI=1S/C46H53BN2/c1-42(2,3)29-24-31-37(44(7,8)9)39(28-18-13-12-14-19-28)48-35-20-17-21-36-38(35)47(33(26-29)40(31)48)34-27-30(43(4,5)6)25-32-41(34)49(36)46(11)23-16-15-22-45(32,46)10/h12-14,17-21,24-27H,15-16,22-23H2,1-11H3. The first-order valence-electron chi connectivity index (χ1n) is 18.9. The lowest BCUT2D eigenvalue weighted by Gasteiger charge is -2.52. The lowest BCUT2D eigenvalue weighted by Crippen LogP contribution is -2.64. The fourth-order valence-corrected chi connectivity index (χ4v) is 10.6. The van der Waals surface area contributed by atoms with E-state index in [4.69, 9.17) is 0 Å². The van der Waals surface area contributed by atoms with Crippen LogP contribution in [0.15, 0.2) is 72.8 Å². The van der Waals surface area contributed by atoms with Gasteiger partial charge in [-0.25, -0.2) is 0 Å². The number of fused-ring (bicyclic) bond motifs is 7. The average molecular weight is 645 g/mol. The summed E-state index contributed by atoms with van der Waals surface area (Å²) in [7, 11) is 0. The van der Waals surface area contributed by atoms with Crippen molar-refractivity contribution in [3.63, 3.8) is 0 Å². The number of anilines is 2. The minimum Gasteiger partial charge on any atom is -0.335 e. The number of nitrogens with zero attached hydrogens (tertiary/aromatic N) is 2. The van der Waals surface area contributed by atoms with Crippen LogP contribution >= 0.6 is 0 Å². The predicted molar refractivity (Wildman–Crippen MR) is 212 cm³/mol. The Bertz CT molecular complexity index is 2220. The molecule has 4 aliphatic rings. The molecule has 9 rings (SSSR count). The van der Waals surface area contributed by atoms with E-state index in [1.165, 1.54) is 98.0 Å². The third-order valence-corrected chi connectivity index (χ3v) is 13.3. The van der Waals surface area contributed by atoms with E-state index in [2.05, 4.69) is 158 Å². The maximum atomic E-state index is 2.87. The molecule has 49 heavy (non-hydrogen) atoms. The number of benzene rings is 4. The molecule has 0 radical (unpaired) electrons. The normalized spacial score (nSPS) is 22.3. The highest BCUT2D eigenvalue weighted by molar-refractivity contribution is 7.00. The number of aromatic nitrogens is 1. The third-order valence-electron chi connectivity index (χ3n) is 13.3. The topological polar surface area (TPSA) is 8.17 Å². The molecule has 1 saturated carbocycles. The second-order valence-corrected chi connectivity index (χ2v) is 19.4. The summed E-state index contributed by atoms with van der Waals surface area (Å²) in [6.45, 7) is 27.0. The van der Waals surface area contributed by atoms with Crippen LogP contribution in [0.3, 0.4) is 0 Å². The van der Waals surface area contributed by atoms with Crippen LogP contribution in [0.1, 0.15) is 124 Å². The van der Waals surface area contributed by atoms with Crippen LogP contribution in [0.2, 0.25) is 0 Å². The Kier molecular flexibility index (Phi) is 6.09. The summed E-state index contributed by atoms with van der Waals surface area (Å²) in [4.78, 5) is 2.87. The van der Waals surface area contributed by atoms with Crippen molar-refractivity contribution in [2.75, 3.05) is 4.90 Å². The zero-order chi connectivity index (χ0) is 34.6. The van der Waals surface area contributed by atoms with Gasteiger partial charge in [0, 0.05) is 33.4 Å². The van der Waals surface area contributed by atoms with Crippen molar-refractivity contribution in [3.8, 4) is 16.9 Å². The molecular weight excluding hydrogens is 591 g/mol. The van der Waals surface area contributed by atoms with Gasteiger partial charge in [-0.3, -0.25) is 0 Å². The quantitative estimate of drug-likeness (QED) is 0.162. The maximum absolute atomic E-state index is 2.87. The van der Waals surface area contributed by atoms with Gasteiger partial charge < -0.3 is 9.47 Å². The summed E-state index contributed by atoms with van der Waals surface area (Å²) in [5.74, 6) is 0. The van der Waals surface area contributed by atoms with Gasteiger partial charge in [0.1, 0.15) is 0 Å². The molecule has 1 aliphatic carbocycles. The van der Waals surface area contributed by atoms with Gasteiger partial charge in [-0.05, 0) is 98.4 Å². The van der Waals surface area contributed by atoms with Crippen molar-refractivity contribution in [1.29, 1.82) is 0 Å². The third kappa shape index (κ3) is 3.91. The van der Waals surface area contributed by atoms with Crippen LogP contribution in [-0.4, -0.2) is 16.8 Å². The van der Waals surface area contributed by atoms with Crippen molar-refractivity contribution < 1.29 is 0 Å². The number of rotatable bonds is 1. The number of hydrogen-bond donors (Lipinski definition) is 0. The monoisotopic (exact) mass is 644 g/mol. The van der Waals surface area contributed by atoms with Crippen LogP contribution in [0.4, 0.5) is 11.4 Å². The molecule has 0 saturated heterocycles. The van der Waals surface area contributed by atoms with Gasteiger partial charge in [-0.1, -0.05) is 137 Å². The fourth-order valence-electron chi connectivity index (χ4n) is 10.6. The second kappa shape index (κ2) is 9.53. The summed E-state index contributed by atoms with van der Waals surface area (Å²) in [6.07, 6.45) is 5.06. The van der Waals surface area contributed by atoms with E-state index >= 15 is 0 Å². The van der Waals surface area contributed by atoms with Crippen LogP contribution in [0.5, 0.6) is 0 Å². The first-order chi connectivity index (χ1) is 23.0. The first kappa shape index (κ1) is 31.3. The molecule has 0 bridgehead atoms. The van der Waals surface area contributed by atoms with Crippen LogP contribution in [0, 0.1) is 0 Å². The smallest absolute Gasteiger partial charge is 0.252 e. The van der Waals surface area contributed by atoms with Gasteiger partial charge in [0.25, 0.3) is 6.71 Å². The van der Waals surface area contributed by atoms with Gasteiger partial charge in [0.15, 0.2) is 0 Å². The molecule has 3 heteroatoms. The minimum atomic E-state index is -0.0560. The van der Waals surface area contributed by atoms with E-state index < -0.39 is 0 Å². The van der Waals surface area contributed by atoms with E-state index in [-0.39, 0.29) is 33.9 Å². The second-order valence-electron chi connectivity index (χ2n) is 19.4. The van der Waals surface area contributed by atoms with Crippen molar-refractivity contribution in [2.45, 2.75) is 129 Å². The van der Waals surface area contributed by atoms with E-state index in [0.29, 0.717) is 0 Å². The minimum absolute atomic E-state index is 0.0143. The van der Waals surface area contributed by atoms with E-state index in [1.807, 2.05) is 0 Å². The molecule has 2 unspecified atom stereocenters. The molecule has 1 fully saturated rings. The van der Waals surface area contributed by atoms with E-state index in [9.17, 15) is 0 Å². The van der Waals surface area contributed by atoms with Crippen molar-refractivity contribution >= 4 is 45.4 Å². The lowest BCUT2D eigenvalue weighted by molar-refractivity contribution is 0.195. The largest absolute Gasteiger partial charge is 0.335 e. The Labute approximate surface area is 295 Å². The Hall–Kier alpha value is -3.72. The summed E-state index contributed by atoms with van der Waals surface area (Å²) in [5.41, 5.74) is 18.9. The Morgan fingerprint density at radius 2 is 1.29 bits per heavy atom. The van der Waals surface area contributed by atoms with Crippen molar-refractivity contribution in [1.82, 2.24) is 4.57 Å². The molecule has 1 aromatic heterocycles. The summed E-state index contributed by atoms with van der Waals surface area (Å²) >= 11 is 0. The summed E-state index contributed by atoms with van der Waals surface area (Å²) in [5, 5.41) is 1.42. The fraction of sp³-hybridized carbons (Fsp3) is 0.435. The molecule has 2 nitrogen and oxygen atoms in total. The Morgan fingerprint density at radius 1 is 0.653 bits per heavy atom. The molecule has 4 aromatic carbocycles. The Morgan fingerprint density at radius 3 is 1.96 bits per heavy atom. The zero-order valence-corrected chi connectivity index (χ0v) is 31.7. The molecule has 0 N–H and O–H groups in total. The van der Waals surface area contributed by atoms with E-state index in [1.54, 1.807) is 5.56 Å². The van der Waals surface area contributed by atoms with Crippen LogP contribution in [0.25, 0.3) is 27.8 Å².